The summed E-state index contributed by atoms with van der Waals surface area (Å²) in [7, 11) is 0. The van der Waals surface area contributed by atoms with Gasteiger partial charge in [0.2, 0.25) is 0 Å². The van der Waals surface area contributed by atoms with Gasteiger partial charge in [-0.2, -0.15) is 0 Å². The Bertz CT molecular complexity index is 847. The number of nitrogens with one attached hydrogen (secondary N) is 1. The minimum absolute atomic E-state index is 0.0162. The number of unbranched alkanes of at least 4 members (excludes halogenated alkanes) is 1. The molecular weight excluding hydrogens is 418 g/mol. The van der Waals surface area contributed by atoms with Crippen molar-refractivity contribution in [3.63, 3.8) is 0 Å². The molecule has 3 rings (SSSR count). The Balaban J connectivity index is 1.27. The predicted octanol–water partition coefficient (Wildman–Crippen LogP) is 3.62. The number of nitrogens with two attached hydrogens (primary N) is 1. The smallest absolute Gasteiger partial charge is 0.407 e. The van der Waals surface area contributed by atoms with E-state index >= 15 is 0 Å². The molecule has 1 saturated heterocycles. The van der Waals surface area contributed by atoms with Crippen LogP contribution in [0.25, 0.3) is 0 Å². The molecule has 0 bridgehead atoms. The van der Waals surface area contributed by atoms with Crippen LogP contribution in [0.1, 0.15) is 43.2 Å². The number of esters is 1. The van der Waals surface area contributed by atoms with Crippen molar-refractivity contribution in [2.75, 3.05) is 19.6 Å². The van der Waals surface area contributed by atoms with Gasteiger partial charge < -0.3 is 20.5 Å². The third kappa shape index (κ3) is 8.86. The number of hydrogen-bond acceptors (Lipinski definition) is 6. The fourth-order valence-corrected chi connectivity index (χ4v) is 4.03. The summed E-state index contributed by atoms with van der Waals surface area (Å²) in [6.45, 7) is 2.67. The van der Waals surface area contributed by atoms with E-state index in [1.807, 2.05) is 60.7 Å². The summed E-state index contributed by atoms with van der Waals surface area (Å²) < 4.78 is 10.7. The third-order valence-electron chi connectivity index (χ3n) is 5.81. The average Bonchev–Trinajstić information content (AvgIpc) is 3.30. The Labute approximate surface area is 196 Å². The second-order valence-corrected chi connectivity index (χ2v) is 8.49. The zero-order valence-corrected chi connectivity index (χ0v) is 19.2. The van der Waals surface area contributed by atoms with Crippen molar-refractivity contribution in [3.8, 4) is 0 Å². The van der Waals surface area contributed by atoms with Crippen LogP contribution in [0.15, 0.2) is 60.7 Å². The maximum atomic E-state index is 12.6. The minimum atomic E-state index is -0.405. The lowest BCUT2D eigenvalue weighted by Gasteiger charge is -2.26. The van der Waals surface area contributed by atoms with Crippen LogP contribution >= 0.6 is 0 Å². The van der Waals surface area contributed by atoms with Crippen LogP contribution in [0.3, 0.4) is 0 Å². The number of ether oxygens (including phenoxy) is 2. The van der Waals surface area contributed by atoms with Crippen LogP contribution in [0.5, 0.6) is 0 Å². The fraction of sp³-hybridized carbons (Fsp3) is 0.462. The predicted molar refractivity (Wildman–Crippen MR) is 127 cm³/mol. The second-order valence-electron chi connectivity index (χ2n) is 8.49. The van der Waals surface area contributed by atoms with Crippen LogP contribution in [0, 0.1) is 0 Å². The standard InChI is InChI=1S/C26H35N3O4/c27-23(14-7-8-16-28-26(31)33-20-22-12-5-2-6-13-22)18-29-17-9-15-24(29)25(30)32-19-21-10-3-1-4-11-21/h1-6,10-13,23-24H,7-9,14-20,27H2,(H,28,31)/t23-,24-/m0/s1. The number of rotatable bonds is 12. The molecule has 2 atom stereocenters. The van der Waals surface area contributed by atoms with Gasteiger partial charge in [0.1, 0.15) is 19.3 Å². The van der Waals surface area contributed by atoms with E-state index in [9.17, 15) is 9.59 Å². The highest BCUT2D eigenvalue weighted by molar-refractivity contribution is 5.76. The summed E-state index contributed by atoms with van der Waals surface area (Å²) in [6, 6.07) is 19.1. The van der Waals surface area contributed by atoms with Gasteiger partial charge in [-0.05, 0) is 43.4 Å². The average molecular weight is 454 g/mol. The Hall–Kier alpha value is -2.90. The van der Waals surface area contributed by atoms with Gasteiger partial charge in [0.15, 0.2) is 0 Å². The summed E-state index contributed by atoms with van der Waals surface area (Å²) in [5, 5.41) is 2.78. The number of carbonyl (C=O) groups is 2. The third-order valence-corrected chi connectivity index (χ3v) is 5.81. The number of carbonyl (C=O) groups excluding carboxylic acids is 2. The largest absolute Gasteiger partial charge is 0.460 e. The van der Waals surface area contributed by atoms with Gasteiger partial charge in [-0.15, -0.1) is 0 Å². The van der Waals surface area contributed by atoms with Gasteiger partial charge in [0.25, 0.3) is 0 Å². The van der Waals surface area contributed by atoms with Crippen molar-refractivity contribution in [3.05, 3.63) is 71.8 Å². The molecule has 0 unspecified atom stereocenters. The monoisotopic (exact) mass is 453 g/mol. The Morgan fingerprint density at radius 3 is 2.27 bits per heavy atom. The van der Waals surface area contributed by atoms with Gasteiger partial charge in [-0.3, -0.25) is 9.69 Å². The first-order valence-electron chi connectivity index (χ1n) is 11.8. The van der Waals surface area contributed by atoms with E-state index in [0.717, 1.165) is 49.8 Å². The Morgan fingerprint density at radius 2 is 1.61 bits per heavy atom. The summed E-state index contributed by atoms with van der Waals surface area (Å²) in [5.41, 5.74) is 8.28. The first kappa shape index (κ1) is 24.7. The maximum absolute atomic E-state index is 12.6. The maximum Gasteiger partial charge on any atom is 0.407 e. The van der Waals surface area contributed by atoms with Gasteiger partial charge in [-0.1, -0.05) is 67.1 Å². The molecule has 1 amide bonds. The Kier molecular flexibility index (Phi) is 10.2. The van der Waals surface area contributed by atoms with E-state index in [1.165, 1.54) is 0 Å². The van der Waals surface area contributed by atoms with Crippen molar-refractivity contribution in [2.24, 2.45) is 5.73 Å². The molecule has 7 nitrogen and oxygen atoms in total. The molecule has 0 saturated carbocycles. The zero-order valence-electron chi connectivity index (χ0n) is 19.2. The molecule has 1 fully saturated rings. The fourth-order valence-electron chi connectivity index (χ4n) is 4.03. The van der Waals surface area contributed by atoms with Crippen molar-refractivity contribution >= 4 is 12.1 Å². The normalized spacial score (nSPS) is 16.8. The topological polar surface area (TPSA) is 93.9 Å². The lowest BCUT2D eigenvalue weighted by molar-refractivity contribution is -0.150. The van der Waals surface area contributed by atoms with Crippen molar-refractivity contribution < 1.29 is 19.1 Å². The molecule has 178 valence electrons. The highest BCUT2D eigenvalue weighted by atomic mass is 16.5. The first-order chi connectivity index (χ1) is 16.1. The molecule has 1 aliphatic rings. The minimum Gasteiger partial charge on any atom is -0.460 e. The molecule has 7 heteroatoms. The number of amides is 1. The van der Waals surface area contributed by atoms with Gasteiger partial charge in [0, 0.05) is 19.1 Å². The van der Waals surface area contributed by atoms with Crippen LogP contribution in [0.4, 0.5) is 4.79 Å². The molecule has 3 N–H and O–H groups in total. The van der Waals surface area contributed by atoms with Gasteiger partial charge in [-0.25, -0.2) is 4.79 Å². The molecule has 1 heterocycles. The quantitative estimate of drug-likeness (QED) is 0.377. The molecular formula is C26H35N3O4. The molecule has 0 radical (unpaired) electrons. The summed E-state index contributed by atoms with van der Waals surface area (Å²) in [5.74, 6) is -0.165. The first-order valence-corrected chi connectivity index (χ1v) is 11.8. The van der Waals surface area contributed by atoms with E-state index in [-0.39, 0.29) is 24.7 Å². The second kappa shape index (κ2) is 13.6. The molecule has 2 aromatic carbocycles. The van der Waals surface area contributed by atoms with Crippen LogP contribution in [-0.2, 0) is 27.5 Å². The lowest BCUT2D eigenvalue weighted by atomic mass is 10.1. The zero-order chi connectivity index (χ0) is 23.3. The molecule has 1 aliphatic heterocycles. The Morgan fingerprint density at radius 1 is 0.970 bits per heavy atom. The highest BCUT2D eigenvalue weighted by Crippen LogP contribution is 2.20. The molecule has 0 aromatic heterocycles. The number of nitrogens with zero attached hydrogens (tertiary/aromatic N) is 1. The van der Waals surface area contributed by atoms with Crippen LogP contribution in [0.2, 0.25) is 0 Å². The van der Waals surface area contributed by atoms with Crippen LogP contribution in [-0.4, -0.2) is 48.7 Å². The molecule has 33 heavy (non-hydrogen) atoms. The number of likely N-dealkylation sites (tertiary alicyclic amines) is 1. The van der Waals surface area contributed by atoms with E-state index in [1.54, 1.807) is 0 Å². The van der Waals surface area contributed by atoms with E-state index in [2.05, 4.69) is 10.2 Å². The molecule has 0 aliphatic carbocycles. The number of alkyl carbamates (subject to hydrolysis) is 1. The van der Waals surface area contributed by atoms with Gasteiger partial charge in [0.05, 0.1) is 0 Å². The van der Waals surface area contributed by atoms with E-state index in [0.29, 0.717) is 19.7 Å². The van der Waals surface area contributed by atoms with Crippen molar-refractivity contribution in [2.45, 2.75) is 57.4 Å². The lowest BCUT2D eigenvalue weighted by Crippen LogP contribution is -2.44. The molecule has 0 spiro atoms. The van der Waals surface area contributed by atoms with Gasteiger partial charge >= 0.3 is 12.1 Å². The molecule has 2 aromatic rings. The SMILES string of the molecule is N[C@@H](CCCCNC(=O)OCc1ccccc1)CN1CCC[C@H]1C(=O)OCc1ccccc1. The number of hydrogen-bond donors (Lipinski definition) is 2. The van der Waals surface area contributed by atoms with E-state index < -0.39 is 6.09 Å². The summed E-state index contributed by atoms with van der Waals surface area (Å²) >= 11 is 0. The highest BCUT2D eigenvalue weighted by Gasteiger charge is 2.32. The van der Waals surface area contributed by atoms with E-state index in [4.69, 9.17) is 15.2 Å². The van der Waals surface area contributed by atoms with Crippen molar-refractivity contribution in [1.82, 2.24) is 10.2 Å². The van der Waals surface area contributed by atoms with Crippen molar-refractivity contribution in [1.29, 1.82) is 0 Å². The van der Waals surface area contributed by atoms with Crippen LogP contribution < -0.4 is 11.1 Å². The summed E-state index contributed by atoms with van der Waals surface area (Å²) in [4.78, 5) is 26.5. The summed E-state index contributed by atoms with van der Waals surface area (Å²) in [6.07, 6.45) is 3.95. The number of benzene rings is 2.